The van der Waals surface area contributed by atoms with Gasteiger partial charge in [0.15, 0.2) is 5.78 Å². The van der Waals surface area contributed by atoms with Gasteiger partial charge in [-0.3, -0.25) is 24.7 Å². The van der Waals surface area contributed by atoms with Crippen LogP contribution < -0.4 is 10.1 Å². The summed E-state index contributed by atoms with van der Waals surface area (Å²) in [6.07, 6.45) is 3.54. The van der Waals surface area contributed by atoms with Gasteiger partial charge in [-0.15, -0.1) is 0 Å². The Morgan fingerprint density at radius 1 is 1.24 bits per heavy atom. The third-order valence-corrected chi connectivity index (χ3v) is 6.00. The van der Waals surface area contributed by atoms with Crippen molar-refractivity contribution in [3.8, 4) is 5.75 Å². The van der Waals surface area contributed by atoms with Crippen molar-refractivity contribution in [3.05, 3.63) is 29.8 Å². The Balaban J connectivity index is 1.49. The number of ether oxygens (including phenoxy) is 1. The highest BCUT2D eigenvalue weighted by atomic mass is 32.2. The first-order valence-corrected chi connectivity index (χ1v) is 10.9. The minimum absolute atomic E-state index is 0.141. The molecule has 0 bridgehead atoms. The minimum atomic E-state index is -0.367. The summed E-state index contributed by atoms with van der Waals surface area (Å²) >= 11 is 1.03. The van der Waals surface area contributed by atoms with Crippen molar-refractivity contribution in [1.29, 1.82) is 0 Å². The van der Waals surface area contributed by atoms with Gasteiger partial charge < -0.3 is 9.64 Å². The van der Waals surface area contributed by atoms with E-state index in [9.17, 15) is 14.4 Å². The number of amidine groups is 1. The first kappa shape index (κ1) is 21.4. The van der Waals surface area contributed by atoms with Crippen molar-refractivity contribution in [3.63, 3.8) is 0 Å². The zero-order valence-electron chi connectivity index (χ0n) is 16.8. The highest BCUT2D eigenvalue weighted by Gasteiger charge is 2.31. The van der Waals surface area contributed by atoms with Crippen LogP contribution in [0.25, 0.3) is 0 Å². The number of unbranched alkanes of at least 4 members (excludes halogenated alkanes) is 1. The maximum Gasteiger partial charge on any atom is 0.286 e. The first-order valence-electron chi connectivity index (χ1n) is 10.0. The molecule has 2 heterocycles. The number of aliphatic imine (C=N–C) groups is 1. The molecule has 0 spiro atoms. The van der Waals surface area contributed by atoms with Crippen LogP contribution in [-0.2, 0) is 16.0 Å². The van der Waals surface area contributed by atoms with Gasteiger partial charge in [0.05, 0.1) is 18.3 Å². The van der Waals surface area contributed by atoms with Gasteiger partial charge in [0.1, 0.15) is 24.2 Å². The van der Waals surface area contributed by atoms with Gasteiger partial charge in [-0.05, 0) is 37.5 Å². The molecule has 1 aromatic rings. The number of Topliss-reactive ketones (excluding diaryl/α,β-unsaturated/α-hetero) is 1. The number of nitrogens with one attached hydrogen (secondary N) is 1. The molecular weight excluding hydrogens is 390 g/mol. The molecule has 29 heavy (non-hydrogen) atoms. The molecule has 0 aliphatic carbocycles. The van der Waals surface area contributed by atoms with Crippen LogP contribution in [0.4, 0.5) is 4.79 Å². The van der Waals surface area contributed by atoms with Gasteiger partial charge >= 0.3 is 0 Å². The fourth-order valence-electron chi connectivity index (χ4n) is 3.29. The van der Waals surface area contributed by atoms with E-state index in [0.717, 1.165) is 48.2 Å². The van der Waals surface area contributed by atoms with E-state index in [1.165, 1.54) is 0 Å². The normalized spacial score (nSPS) is 21.9. The fraction of sp³-hybridized carbons (Fsp3) is 0.524. The summed E-state index contributed by atoms with van der Waals surface area (Å²) in [4.78, 5) is 41.5. The summed E-state index contributed by atoms with van der Waals surface area (Å²) in [5.74, 6) is 1.64. The monoisotopic (exact) mass is 417 g/mol. The number of carbonyl (C=O) groups is 3. The van der Waals surface area contributed by atoms with Gasteiger partial charge in [0.25, 0.3) is 5.24 Å². The summed E-state index contributed by atoms with van der Waals surface area (Å²) in [6.45, 7) is 5.47. The van der Waals surface area contributed by atoms with E-state index in [1.54, 1.807) is 0 Å². The maximum absolute atomic E-state index is 12.0. The molecule has 0 aromatic heterocycles. The first-order chi connectivity index (χ1) is 14.0. The molecule has 0 radical (unpaired) electrons. The van der Waals surface area contributed by atoms with Crippen molar-refractivity contribution in [1.82, 2.24) is 10.2 Å². The summed E-state index contributed by atoms with van der Waals surface area (Å²) in [6, 6.07) is 7.30. The van der Waals surface area contributed by atoms with Gasteiger partial charge in [-0.1, -0.05) is 37.2 Å². The van der Waals surface area contributed by atoms with Crippen LogP contribution in [0.3, 0.4) is 0 Å². The lowest BCUT2D eigenvalue weighted by Gasteiger charge is -2.31. The van der Waals surface area contributed by atoms with E-state index in [-0.39, 0.29) is 28.2 Å². The molecule has 1 fully saturated rings. The van der Waals surface area contributed by atoms with E-state index < -0.39 is 0 Å². The molecule has 1 N–H and O–H groups in total. The zero-order chi connectivity index (χ0) is 20.8. The number of ketones is 1. The number of amides is 2. The van der Waals surface area contributed by atoms with Gasteiger partial charge in [-0.25, -0.2) is 0 Å². The number of imide groups is 1. The van der Waals surface area contributed by atoms with Crippen LogP contribution in [0.5, 0.6) is 5.75 Å². The lowest BCUT2D eigenvalue weighted by Crippen LogP contribution is -2.45. The Morgan fingerprint density at radius 3 is 2.66 bits per heavy atom. The Labute approximate surface area is 175 Å². The molecule has 1 aromatic carbocycles. The number of hydrogen-bond donors (Lipinski definition) is 1. The second kappa shape index (κ2) is 9.91. The standard InChI is InChI=1S/C21H27N3O4S/c1-3-4-5-19-22-14(2)17(25)13-24(19)10-11-28-16-8-6-15(7-9-16)12-18-20(26)23-21(27)29-18/h6-9,14,18H,3-5,10-13H2,1-2H3,(H,23,26,27). The topological polar surface area (TPSA) is 88.1 Å². The second-order valence-corrected chi connectivity index (χ2v) is 8.47. The average Bonchev–Trinajstić information content (AvgIpc) is 3.01. The number of benzene rings is 1. The molecule has 7 nitrogen and oxygen atoms in total. The highest BCUT2D eigenvalue weighted by Crippen LogP contribution is 2.24. The quantitative estimate of drug-likeness (QED) is 0.665. The van der Waals surface area contributed by atoms with Crippen molar-refractivity contribution < 1.29 is 19.1 Å². The van der Waals surface area contributed by atoms with Crippen molar-refractivity contribution in [2.24, 2.45) is 4.99 Å². The van der Waals surface area contributed by atoms with Gasteiger partial charge in [0.2, 0.25) is 5.91 Å². The van der Waals surface area contributed by atoms with Gasteiger partial charge in [-0.2, -0.15) is 0 Å². The molecule has 8 heteroatoms. The molecule has 2 atom stereocenters. The Kier molecular flexibility index (Phi) is 7.30. The molecule has 2 unspecified atom stereocenters. The number of thioether (sulfide) groups is 1. The van der Waals surface area contributed by atoms with Crippen molar-refractivity contribution >= 4 is 34.5 Å². The van der Waals surface area contributed by atoms with E-state index in [1.807, 2.05) is 36.1 Å². The Hall–Kier alpha value is -2.35. The summed E-state index contributed by atoms with van der Waals surface area (Å²) in [5.41, 5.74) is 0.976. The average molecular weight is 418 g/mol. The predicted molar refractivity (Wildman–Crippen MR) is 114 cm³/mol. The van der Waals surface area contributed by atoms with E-state index in [4.69, 9.17) is 4.74 Å². The second-order valence-electron chi connectivity index (χ2n) is 7.29. The molecule has 1 saturated heterocycles. The van der Waals surface area contributed by atoms with Crippen LogP contribution in [0.2, 0.25) is 0 Å². The minimum Gasteiger partial charge on any atom is -0.492 e. The third kappa shape index (κ3) is 5.82. The molecule has 0 saturated carbocycles. The van der Waals surface area contributed by atoms with E-state index in [2.05, 4.69) is 17.2 Å². The maximum atomic E-state index is 12.0. The third-order valence-electron chi connectivity index (χ3n) is 5.02. The zero-order valence-corrected chi connectivity index (χ0v) is 17.7. The van der Waals surface area contributed by atoms with Crippen molar-refractivity contribution in [2.75, 3.05) is 19.7 Å². The molecule has 2 aliphatic heterocycles. The molecule has 2 amide bonds. The predicted octanol–water partition coefficient (Wildman–Crippen LogP) is 2.82. The lowest BCUT2D eigenvalue weighted by molar-refractivity contribution is -0.121. The Bertz CT molecular complexity index is 794. The molecule has 156 valence electrons. The number of carbonyl (C=O) groups excluding carboxylic acids is 3. The van der Waals surface area contributed by atoms with E-state index >= 15 is 0 Å². The van der Waals surface area contributed by atoms with Crippen LogP contribution in [0.15, 0.2) is 29.3 Å². The Morgan fingerprint density at radius 2 is 2.00 bits per heavy atom. The molecule has 3 rings (SSSR count). The van der Waals surface area contributed by atoms with Crippen LogP contribution in [0, 0.1) is 0 Å². The van der Waals surface area contributed by atoms with Crippen LogP contribution in [-0.4, -0.2) is 58.7 Å². The summed E-state index contributed by atoms with van der Waals surface area (Å²) in [7, 11) is 0. The SMILES string of the molecule is CCCCC1=NC(C)C(=O)CN1CCOc1ccc(CC2SC(=O)NC2=O)cc1. The fourth-order valence-corrected chi connectivity index (χ4v) is 4.15. The van der Waals surface area contributed by atoms with Crippen LogP contribution >= 0.6 is 11.8 Å². The van der Waals surface area contributed by atoms with Crippen LogP contribution in [0.1, 0.15) is 38.7 Å². The lowest BCUT2D eigenvalue weighted by atomic mass is 10.1. The highest BCUT2D eigenvalue weighted by molar-refractivity contribution is 8.15. The largest absolute Gasteiger partial charge is 0.492 e. The molecular formula is C21H27N3O4S. The number of rotatable bonds is 9. The summed E-state index contributed by atoms with van der Waals surface area (Å²) < 4.78 is 5.84. The number of hydrogen-bond acceptors (Lipinski definition) is 7. The molecule has 2 aliphatic rings. The summed E-state index contributed by atoms with van der Waals surface area (Å²) in [5, 5.41) is 1.65. The number of nitrogens with zero attached hydrogens (tertiary/aromatic N) is 2. The smallest absolute Gasteiger partial charge is 0.286 e. The van der Waals surface area contributed by atoms with Crippen molar-refractivity contribution in [2.45, 2.75) is 50.8 Å². The van der Waals surface area contributed by atoms with Gasteiger partial charge in [0, 0.05) is 6.42 Å². The van der Waals surface area contributed by atoms with E-state index in [0.29, 0.717) is 26.1 Å².